The van der Waals surface area contributed by atoms with Crippen molar-refractivity contribution in [2.75, 3.05) is 11.1 Å². The van der Waals surface area contributed by atoms with Gasteiger partial charge in [0.1, 0.15) is 12.4 Å². The molecule has 3 N–H and O–H groups in total. The van der Waals surface area contributed by atoms with Crippen LogP contribution in [0.1, 0.15) is 11.5 Å². The number of nitrogens with two attached hydrogens (primary N) is 1. The maximum Gasteiger partial charge on any atom is 0.254 e. The zero-order chi connectivity index (χ0) is 14.7. The number of carbonyl (C=O) groups excluding carboxylic acids is 1. The van der Waals surface area contributed by atoms with Crippen LogP contribution in [-0.2, 0) is 11.3 Å². The number of nitrogen functional groups attached to an aromatic ring is 1. The number of hydrogen-bond acceptors (Lipinski definition) is 4. The molecule has 0 saturated heterocycles. The van der Waals surface area contributed by atoms with E-state index < -0.39 is 0 Å². The van der Waals surface area contributed by atoms with Gasteiger partial charge in [-0.25, -0.2) is 4.98 Å². The Balaban J connectivity index is 2.15. The van der Waals surface area contributed by atoms with Gasteiger partial charge in [-0.1, -0.05) is 6.07 Å². The molecular weight excluding hydrogens is 256 g/mol. The highest BCUT2D eigenvalue weighted by Crippen LogP contribution is 2.11. The lowest BCUT2D eigenvalue weighted by molar-refractivity contribution is -0.116. The fraction of sp³-hybridized carbons (Fsp3) is 0.214. The molecule has 0 saturated carbocycles. The van der Waals surface area contributed by atoms with Crippen LogP contribution < -0.4 is 16.6 Å². The molecule has 1 aromatic carbocycles. The summed E-state index contributed by atoms with van der Waals surface area (Å²) < 4.78 is 1.33. The van der Waals surface area contributed by atoms with Gasteiger partial charge in [-0.15, -0.1) is 0 Å². The molecule has 0 aliphatic rings. The van der Waals surface area contributed by atoms with Crippen LogP contribution in [0.15, 0.2) is 35.1 Å². The fourth-order valence-electron chi connectivity index (χ4n) is 1.92. The monoisotopic (exact) mass is 272 g/mol. The molecule has 0 spiro atoms. The molecular formula is C14H16N4O2. The molecule has 6 nitrogen and oxygen atoms in total. The summed E-state index contributed by atoms with van der Waals surface area (Å²) in [6.07, 6.45) is 0. The number of nitrogens with one attached hydrogen (secondary N) is 1. The maximum atomic E-state index is 11.9. The highest BCUT2D eigenvalue weighted by molar-refractivity contribution is 5.91. The van der Waals surface area contributed by atoms with Crippen LogP contribution in [-0.4, -0.2) is 15.5 Å². The van der Waals surface area contributed by atoms with Crippen LogP contribution in [0.4, 0.5) is 11.4 Å². The van der Waals surface area contributed by atoms with Gasteiger partial charge in [0.15, 0.2) is 0 Å². The quantitative estimate of drug-likeness (QED) is 0.818. The van der Waals surface area contributed by atoms with E-state index in [1.807, 2.05) is 0 Å². The summed E-state index contributed by atoms with van der Waals surface area (Å²) >= 11 is 0. The summed E-state index contributed by atoms with van der Waals surface area (Å²) in [5, 5.41) is 2.69. The number of nitrogens with zero attached hydrogens (tertiary/aromatic N) is 2. The van der Waals surface area contributed by atoms with Crippen molar-refractivity contribution in [2.45, 2.75) is 20.4 Å². The fourth-order valence-corrected chi connectivity index (χ4v) is 1.92. The van der Waals surface area contributed by atoms with Gasteiger partial charge < -0.3 is 11.1 Å². The molecule has 0 aliphatic carbocycles. The minimum Gasteiger partial charge on any atom is -0.399 e. The normalized spacial score (nSPS) is 10.3. The lowest BCUT2D eigenvalue weighted by atomic mass is 10.3. The van der Waals surface area contributed by atoms with Crippen LogP contribution in [0.3, 0.4) is 0 Å². The molecule has 0 radical (unpaired) electrons. The lowest BCUT2D eigenvalue weighted by Gasteiger charge is -2.10. The highest BCUT2D eigenvalue weighted by atomic mass is 16.2. The Morgan fingerprint density at radius 2 is 2.10 bits per heavy atom. The smallest absolute Gasteiger partial charge is 0.254 e. The first-order valence-electron chi connectivity index (χ1n) is 6.16. The van der Waals surface area contributed by atoms with Crippen molar-refractivity contribution >= 4 is 17.3 Å². The van der Waals surface area contributed by atoms with Gasteiger partial charge in [0.2, 0.25) is 5.91 Å². The Hall–Kier alpha value is -2.63. The van der Waals surface area contributed by atoms with E-state index >= 15 is 0 Å². The number of aromatic nitrogens is 2. The average Bonchev–Trinajstić information content (AvgIpc) is 2.33. The Kier molecular flexibility index (Phi) is 3.84. The standard InChI is InChI=1S/C14H16N4O2/c1-9-6-14(20)18(10(2)16-9)8-13(19)17-12-5-3-4-11(15)7-12/h3-7H,8,15H2,1-2H3,(H,17,19). The van der Waals surface area contributed by atoms with E-state index in [0.717, 1.165) is 0 Å². The maximum absolute atomic E-state index is 11.9. The molecule has 2 rings (SSSR count). The Morgan fingerprint density at radius 3 is 2.75 bits per heavy atom. The summed E-state index contributed by atoms with van der Waals surface area (Å²) in [6.45, 7) is 3.36. The van der Waals surface area contributed by atoms with Crippen molar-refractivity contribution in [1.82, 2.24) is 9.55 Å². The van der Waals surface area contributed by atoms with Crippen LogP contribution in [0.25, 0.3) is 0 Å². The molecule has 1 aromatic heterocycles. The Labute approximate surface area is 116 Å². The van der Waals surface area contributed by atoms with Gasteiger partial charge in [0.25, 0.3) is 5.56 Å². The van der Waals surface area contributed by atoms with Gasteiger partial charge in [-0.2, -0.15) is 0 Å². The van der Waals surface area contributed by atoms with Crippen LogP contribution in [0.2, 0.25) is 0 Å². The highest BCUT2D eigenvalue weighted by Gasteiger charge is 2.08. The SMILES string of the molecule is Cc1cc(=O)n(CC(=O)Nc2cccc(N)c2)c(C)n1. The number of hydrogen-bond donors (Lipinski definition) is 2. The number of benzene rings is 1. The second-order valence-electron chi connectivity index (χ2n) is 4.54. The third kappa shape index (κ3) is 3.23. The van der Waals surface area contributed by atoms with Crippen molar-refractivity contribution in [1.29, 1.82) is 0 Å². The summed E-state index contributed by atoms with van der Waals surface area (Å²) in [4.78, 5) is 27.9. The second-order valence-corrected chi connectivity index (χ2v) is 4.54. The number of carbonyl (C=O) groups is 1. The molecule has 1 heterocycles. The molecule has 1 amide bonds. The van der Waals surface area contributed by atoms with Gasteiger partial charge in [-0.05, 0) is 32.0 Å². The third-order valence-corrected chi connectivity index (χ3v) is 2.80. The van der Waals surface area contributed by atoms with Gasteiger partial charge in [-0.3, -0.25) is 14.2 Å². The van der Waals surface area contributed by atoms with E-state index in [9.17, 15) is 9.59 Å². The molecule has 6 heteroatoms. The molecule has 0 fully saturated rings. The van der Waals surface area contributed by atoms with Gasteiger partial charge in [0.05, 0.1) is 0 Å². The van der Waals surface area contributed by atoms with E-state index in [0.29, 0.717) is 22.9 Å². The van der Waals surface area contributed by atoms with Crippen LogP contribution in [0, 0.1) is 13.8 Å². The topological polar surface area (TPSA) is 90.0 Å². The number of anilines is 2. The minimum atomic E-state index is -0.300. The van der Waals surface area contributed by atoms with Crippen LogP contribution in [0.5, 0.6) is 0 Å². The van der Waals surface area contributed by atoms with Gasteiger partial charge in [0, 0.05) is 23.1 Å². The van der Waals surface area contributed by atoms with E-state index in [1.54, 1.807) is 38.1 Å². The largest absolute Gasteiger partial charge is 0.399 e. The van der Waals surface area contributed by atoms with Crippen molar-refractivity contribution in [3.63, 3.8) is 0 Å². The van der Waals surface area contributed by atoms with Crippen molar-refractivity contribution in [3.05, 3.63) is 52.2 Å². The summed E-state index contributed by atoms with van der Waals surface area (Å²) in [6, 6.07) is 8.27. The average molecular weight is 272 g/mol. The predicted molar refractivity (Wildman–Crippen MR) is 77.5 cm³/mol. The number of amides is 1. The first-order chi connectivity index (χ1) is 9.45. The molecule has 20 heavy (non-hydrogen) atoms. The minimum absolute atomic E-state index is 0.0766. The Bertz CT molecular complexity index is 707. The van der Waals surface area contributed by atoms with Crippen molar-refractivity contribution < 1.29 is 4.79 Å². The summed E-state index contributed by atoms with van der Waals surface area (Å²) in [5.74, 6) is 0.212. The van der Waals surface area contributed by atoms with Gasteiger partial charge >= 0.3 is 0 Å². The third-order valence-electron chi connectivity index (χ3n) is 2.80. The van der Waals surface area contributed by atoms with E-state index in [-0.39, 0.29) is 18.0 Å². The molecule has 0 atom stereocenters. The van der Waals surface area contributed by atoms with E-state index in [4.69, 9.17) is 5.73 Å². The predicted octanol–water partition coefficient (Wildman–Crippen LogP) is 1.08. The molecule has 0 bridgehead atoms. The molecule has 0 unspecified atom stereocenters. The summed E-state index contributed by atoms with van der Waals surface area (Å²) in [7, 11) is 0. The molecule has 104 valence electrons. The zero-order valence-electron chi connectivity index (χ0n) is 11.4. The van der Waals surface area contributed by atoms with Crippen LogP contribution >= 0.6 is 0 Å². The van der Waals surface area contributed by atoms with E-state index in [2.05, 4.69) is 10.3 Å². The molecule has 0 aliphatic heterocycles. The van der Waals surface area contributed by atoms with Crippen molar-refractivity contribution in [2.24, 2.45) is 0 Å². The first kappa shape index (κ1) is 13.8. The van der Waals surface area contributed by atoms with E-state index in [1.165, 1.54) is 10.6 Å². The molecule has 2 aromatic rings. The second kappa shape index (κ2) is 5.56. The number of rotatable bonds is 3. The summed E-state index contributed by atoms with van der Waals surface area (Å²) in [5.41, 5.74) is 7.20. The Morgan fingerprint density at radius 1 is 1.35 bits per heavy atom. The zero-order valence-corrected chi connectivity index (χ0v) is 11.4. The first-order valence-corrected chi connectivity index (χ1v) is 6.16. The lowest BCUT2D eigenvalue weighted by Crippen LogP contribution is -2.30. The van der Waals surface area contributed by atoms with Crippen molar-refractivity contribution in [3.8, 4) is 0 Å². The number of aryl methyl sites for hydroxylation is 2.